The molecule has 1 aliphatic carbocycles. The molecule has 2 heterocycles. The van der Waals surface area contributed by atoms with E-state index in [9.17, 15) is 19.5 Å². The molecule has 3 atom stereocenters. The summed E-state index contributed by atoms with van der Waals surface area (Å²) in [6.07, 6.45) is 0.574. The van der Waals surface area contributed by atoms with E-state index in [1.165, 1.54) is 12.0 Å². The summed E-state index contributed by atoms with van der Waals surface area (Å²) in [5, 5.41) is 13.3. The fraction of sp³-hybridized carbons (Fsp3) is 0.621. The summed E-state index contributed by atoms with van der Waals surface area (Å²) in [4.78, 5) is 49.4. The van der Waals surface area contributed by atoms with Crippen LogP contribution < -0.4 is 19.5 Å². The first-order valence-electron chi connectivity index (χ1n) is 13.7. The third kappa shape index (κ3) is 6.91. The number of likely N-dealkylation sites (tertiary alicyclic amines) is 1. The molecule has 1 aliphatic heterocycles. The number of carbonyl (C=O) groups excluding carboxylic acids is 2. The predicted molar refractivity (Wildman–Crippen MR) is 149 cm³/mol. The maximum atomic E-state index is 13.8. The van der Waals surface area contributed by atoms with Gasteiger partial charge in [-0.05, 0) is 45.1 Å². The number of hydrogen-bond acceptors (Lipinski definition) is 9. The summed E-state index contributed by atoms with van der Waals surface area (Å²) < 4.78 is 22.6. The number of hydrogen-bond donors (Lipinski definition) is 2. The number of aromatic nitrogens is 2. The number of ether oxygens (including phenoxy) is 4. The van der Waals surface area contributed by atoms with Gasteiger partial charge in [0.05, 0.1) is 31.7 Å². The molecule has 2 fully saturated rings. The van der Waals surface area contributed by atoms with Crippen molar-refractivity contribution in [2.75, 3.05) is 20.8 Å². The Labute approximate surface area is 239 Å². The van der Waals surface area contributed by atoms with Gasteiger partial charge in [-0.1, -0.05) is 20.8 Å². The van der Waals surface area contributed by atoms with E-state index in [4.69, 9.17) is 28.9 Å². The number of alkyl carbamates (subject to hydrolysis) is 1. The number of nitrogens with zero attached hydrogens (tertiary/aromatic N) is 3. The number of rotatable bonds is 8. The van der Waals surface area contributed by atoms with Gasteiger partial charge in [0.15, 0.2) is 11.5 Å². The molecule has 2 aliphatic rings. The first kappa shape index (κ1) is 30.1. The van der Waals surface area contributed by atoms with Crippen LogP contribution in [-0.2, 0) is 14.3 Å². The summed E-state index contributed by atoms with van der Waals surface area (Å²) in [6.45, 7) is 10.5. The first-order chi connectivity index (χ1) is 19.1. The zero-order valence-electron chi connectivity index (χ0n) is 24.9. The van der Waals surface area contributed by atoms with Crippen molar-refractivity contribution in [1.82, 2.24) is 20.2 Å². The molecular weight excluding hydrogens is 532 g/mol. The van der Waals surface area contributed by atoms with Gasteiger partial charge in [0.2, 0.25) is 11.8 Å². The molecule has 0 radical (unpaired) electrons. The molecule has 2 N–H and O–H groups in total. The van der Waals surface area contributed by atoms with E-state index in [0.29, 0.717) is 34.1 Å². The Morgan fingerprint density at radius 3 is 2.20 bits per heavy atom. The maximum Gasteiger partial charge on any atom is 0.408 e. The number of carboxylic acid groups (broad SMARTS) is 1. The first-order valence-corrected chi connectivity index (χ1v) is 13.7. The van der Waals surface area contributed by atoms with Crippen LogP contribution >= 0.6 is 0 Å². The van der Waals surface area contributed by atoms with Gasteiger partial charge in [-0.3, -0.25) is 4.79 Å². The Hall–Kier alpha value is -3.83. The predicted octanol–water partition coefficient (Wildman–Crippen LogP) is 3.90. The molecule has 1 saturated heterocycles. The SMILES string of the molecule is COc1cc2nc(C3CC3)nc(OC3CC(C(=O)O)N(C(=O)[C@@H](NC(=O)OC(C)(C)C)C(C)(C)C)C3)c2cc1OC. The second-order valence-electron chi connectivity index (χ2n) is 12.7. The average Bonchev–Trinajstić information content (AvgIpc) is 3.63. The van der Waals surface area contributed by atoms with E-state index in [1.807, 2.05) is 0 Å². The number of carbonyl (C=O) groups is 3. The van der Waals surface area contributed by atoms with Crippen molar-refractivity contribution in [2.45, 2.75) is 90.5 Å². The molecular formula is C29H40N4O8. The lowest BCUT2D eigenvalue weighted by molar-refractivity contribution is -0.150. The second-order valence-corrected chi connectivity index (χ2v) is 12.7. The molecule has 1 aromatic carbocycles. The molecule has 2 unspecified atom stereocenters. The monoisotopic (exact) mass is 572 g/mol. The molecule has 0 spiro atoms. The van der Waals surface area contributed by atoms with Gasteiger partial charge in [0.1, 0.15) is 29.6 Å². The highest BCUT2D eigenvalue weighted by atomic mass is 16.6. The van der Waals surface area contributed by atoms with E-state index in [-0.39, 0.29) is 18.9 Å². The topological polar surface area (TPSA) is 149 Å². The van der Waals surface area contributed by atoms with Gasteiger partial charge >= 0.3 is 12.1 Å². The Bertz CT molecular complexity index is 1330. The second kappa shape index (κ2) is 11.2. The third-order valence-corrected chi connectivity index (χ3v) is 7.01. The zero-order chi connectivity index (χ0) is 30.3. The van der Waals surface area contributed by atoms with Crippen molar-refractivity contribution < 1.29 is 38.4 Å². The van der Waals surface area contributed by atoms with E-state index < -0.39 is 47.2 Å². The van der Waals surface area contributed by atoms with E-state index >= 15 is 0 Å². The molecule has 41 heavy (non-hydrogen) atoms. The zero-order valence-corrected chi connectivity index (χ0v) is 24.9. The minimum Gasteiger partial charge on any atom is -0.493 e. The Balaban J connectivity index is 1.63. The molecule has 2 aromatic rings. The van der Waals surface area contributed by atoms with E-state index in [1.54, 1.807) is 60.8 Å². The van der Waals surface area contributed by atoms with E-state index in [0.717, 1.165) is 12.8 Å². The van der Waals surface area contributed by atoms with Crippen molar-refractivity contribution in [3.05, 3.63) is 18.0 Å². The van der Waals surface area contributed by atoms with Crippen molar-refractivity contribution >= 4 is 28.9 Å². The summed E-state index contributed by atoms with van der Waals surface area (Å²) in [6, 6.07) is 1.31. The van der Waals surface area contributed by atoms with Crippen molar-refractivity contribution in [2.24, 2.45) is 5.41 Å². The molecule has 1 saturated carbocycles. The number of carboxylic acids is 1. The molecule has 12 heteroatoms. The van der Waals surface area contributed by atoms with Crippen LogP contribution in [0.4, 0.5) is 4.79 Å². The molecule has 12 nitrogen and oxygen atoms in total. The Morgan fingerprint density at radius 2 is 1.66 bits per heavy atom. The third-order valence-electron chi connectivity index (χ3n) is 7.01. The van der Waals surface area contributed by atoms with Gasteiger partial charge in [-0.15, -0.1) is 0 Å². The quantitative estimate of drug-likeness (QED) is 0.477. The van der Waals surface area contributed by atoms with Crippen molar-refractivity contribution in [1.29, 1.82) is 0 Å². The lowest BCUT2D eigenvalue weighted by Crippen LogP contribution is -2.57. The van der Waals surface area contributed by atoms with Crippen LogP contribution in [0.25, 0.3) is 10.9 Å². The molecule has 4 rings (SSSR count). The fourth-order valence-corrected chi connectivity index (χ4v) is 4.82. The van der Waals surface area contributed by atoms with Crippen LogP contribution in [0.3, 0.4) is 0 Å². The van der Waals surface area contributed by atoms with Crippen LogP contribution in [0.15, 0.2) is 12.1 Å². The molecule has 224 valence electrons. The fourth-order valence-electron chi connectivity index (χ4n) is 4.82. The normalized spacial score (nSPS) is 20.0. The summed E-state index contributed by atoms with van der Waals surface area (Å²) in [5.74, 6) is 0.470. The largest absolute Gasteiger partial charge is 0.493 e. The molecule has 1 aromatic heterocycles. The van der Waals surface area contributed by atoms with Crippen LogP contribution in [0, 0.1) is 5.41 Å². The van der Waals surface area contributed by atoms with Gasteiger partial charge < -0.3 is 34.3 Å². The lowest BCUT2D eigenvalue weighted by atomic mass is 9.85. The minimum absolute atomic E-state index is 0.00404. The van der Waals surface area contributed by atoms with Crippen LogP contribution in [0.5, 0.6) is 17.4 Å². The standard InChI is InChI=1S/C29H40N4O8/c1-28(2,3)22(31-27(37)41-29(4,5)6)25(34)33-14-16(11-19(33)26(35)36)40-24-17-12-20(38-7)21(39-8)13-18(17)30-23(32-24)15-9-10-15/h12-13,15-16,19,22H,9-11,14H2,1-8H3,(H,31,37)(H,35,36)/t16?,19?,22-/m1/s1. The van der Waals surface area contributed by atoms with Crippen LogP contribution in [-0.4, -0.2) is 82.5 Å². The van der Waals surface area contributed by atoms with Crippen molar-refractivity contribution in [3.63, 3.8) is 0 Å². The number of benzene rings is 1. The average molecular weight is 573 g/mol. The highest BCUT2D eigenvalue weighted by Crippen LogP contribution is 2.42. The summed E-state index contributed by atoms with van der Waals surface area (Å²) >= 11 is 0. The lowest BCUT2D eigenvalue weighted by Gasteiger charge is -2.35. The van der Waals surface area contributed by atoms with Gasteiger partial charge in [0, 0.05) is 18.4 Å². The van der Waals surface area contributed by atoms with E-state index in [2.05, 4.69) is 5.32 Å². The van der Waals surface area contributed by atoms with Crippen LogP contribution in [0.1, 0.15) is 72.5 Å². The Morgan fingerprint density at radius 1 is 1.02 bits per heavy atom. The van der Waals surface area contributed by atoms with Crippen LogP contribution in [0.2, 0.25) is 0 Å². The Kier molecular flexibility index (Phi) is 8.24. The smallest absolute Gasteiger partial charge is 0.408 e. The molecule has 2 amide bonds. The number of aliphatic carboxylic acids is 1. The minimum atomic E-state index is -1.16. The van der Waals surface area contributed by atoms with Gasteiger partial charge in [-0.25, -0.2) is 14.6 Å². The maximum absolute atomic E-state index is 13.8. The summed E-state index contributed by atoms with van der Waals surface area (Å²) in [5.41, 5.74) is -0.879. The highest BCUT2D eigenvalue weighted by molar-refractivity contribution is 5.91. The highest BCUT2D eigenvalue weighted by Gasteiger charge is 2.46. The summed E-state index contributed by atoms with van der Waals surface area (Å²) in [7, 11) is 3.07. The molecule has 0 bridgehead atoms. The number of amides is 2. The van der Waals surface area contributed by atoms with Crippen molar-refractivity contribution in [3.8, 4) is 17.4 Å². The van der Waals surface area contributed by atoms with Gasteiger partial charge in [-0.2, -0.15) is 4.98 Å². The number of fused-ring (bicyclic) bond motifs is 1. The number of nitrogens with one attached hydrogen (secondary N) is 1. The number of methoxy groups -OCH3 is 2. The van der Waals surface area contributed by atoms with Gasteiger partial charge in [0.25, 0.3) is 0 Å².